The fraction of sp³-hybridized carbons (Fsp3) is 0.273. The molecule has 0 saturated carbocycles. The second-order valence-electron chi connectivity index (χ2n) is 3.58. The van der Waals surface area contributed by atoms with E-state index in [4.69, 9.17) is 5.73 Å². The first kappa shape index (κ1) is 10.6. The number of ether oxygens (including phenoxy) is 1. The summed E-state index contributed by atoms with van der Waals surface area (Å²) in [5.41, 5.74) is 6.78. The Hall–Kier alpha value is -1.88. The van der Waals surface area contributed by atoms with Gasteiger partial charge in [0, 0.05) is 6.04 Å². The molecule has 0 spiro atoms. The van der Waals surface area contributed by atoms with Gasteiger partial charge < -0.3 is 10.5 Å². The minimum atomic E-state index is -0.614. The van der Waals surface area contributed by atoms with Gasteiger partial charge in [-0.3, -0.25) is 4.79 Å². The Bertz CT molecular complexity index is 389. The molecule has 1 atom stereocenters. The molecule has 1 aliphatic rings. The molecular weight excluding hydrogens is 208 g/mol. The average Bonchev–Trinajstić information content (AvgIpc) is 2.62. The van der Waals surface area contributed by atoms with E-state index in [1.807, 2.05) is 30.3 Å². The van der Waals surface area contributed by atoms with Crippen molar-refractivity contribution in [2.45, 2.75) is 6.04 Å². The zero-order valence-electron chi connectivity index (χ0n) is 8.63. The van der Waals surface area contributed by atoms with Crippen molar-refractivity contribution in [1.82, 2.24) is 4.90 Å². The van der Waals surface area contributed by atoms with Gasteiger partial charge in [0.2, 0.25) is 0 Å². The zero-order valence-corrected chi connectivity index (χ0v) is 8.63. The molecule has 2 rings (SSSR count). The van der Waals surface area contributed by atoms with E-state index in [2.05, 4.69) is 4.74 Å². The maximum absolute atomic E-state index is 11.3. The van der Waals surface area contributed by atoms with Crippen LogP contribution in [0.15, 0.2) is 30.3 Å². The second-order valence-corrected chi connectivity index (χ2v) is 3.58. The van der Waals surface area contributed by atoms with Gasteiger partial charge in [0.05, 0.1) is 6.54 Å². The van der Waals surface area contributed by atoms with Gasteiger partial charge in [-0.1, -0.05) is 30.3 Å². The molecule has 84 valence electrons. The molecule has 1 aromatic rings. The van der Waals surface area contributed by atoms with Crippen molar-refractivity contribution in [2.24, 2.45) is 5.73 Å². The lowest BCUT2D eigenvalue weighted by Gasteiger charge is -2.17. The first-order valence-corrected chi connectivity index (χ1v) is 4.96. The number of rotatable bonds is 3. The standard InChI is InChI=1S/C11H12N2O3/c12-9(8-4-2-1-3-5-8)6-13-10(14)7-16-11(13)15/h1-5,9H,6-7,12H2/t9-/m0/s1. The highest BCUT2D eigenvalue weighted by Crippen LogP contribution is 2.14. The SMILES string of the molecule is N[C@@H](CN1C(=O)COC1=O)c1ccccc1. The minimum Gasteiger partial charge on any atom is -0.439 e. The number of hydrogen-bond acceptors (Lipinski definition) is 4. The highest BCUT2D eigenvalue weighted by molar-refractivity contribution is 5.97. The van der Waals surface area contributed by atoms with Gasteiger partial charge in [-0.05, 0) is 5.56 Å². The van der Waals surface area contributed by atoms with E-state index < -0.39 is 6.09 Å². The van der Waals surface area contributed by atoms with Crippen molar-refractivity contribution in [1.29, 1.82) is 0 Å². The third-order valence-corrected chi connectivity index (χ3v) is 2.45. The summed E-state index contributed by atoms with van der Waals surface area (Å²) in [5, 5.41) is 0. The molecule has 1 aromatic carbocycles. The van der Waals surface area contributed by atoms with E-state index in [-0.39, 0.29) is 25.1 Å². The molecule has 1 aliphatic heterocycles. The smallest absolute Gasteiger partial charge is 0.417 e. The summed E-state index contributed by atoms with van der Waals surface area (Å²) in [7, 11) is 0. The summed E-state index contributed by atoms with van der Waals surface area (Å²) in [6.45, 7) is -0.0258. The lowest BCUT2D eigenvalue weighted by Crippen LogP contribution is -2.36. The first-order valence-electron chi connectivity index (χ1n) is 4.96. The van der Waals surface area contributed by atoms with Crippen LogP contribution in [0.25, 0.3) is 0 Å². The monoisotopic (exact) mass is 220 g/mol. The number of carbonyl (C=O) groups excluding carboxylic acids is 2. The Morgan fingerprint density at radius 3 is 2.56 bits per heavy atom. The van der Waals surface area contributed by atoms with Crippen LogP contribution in [-0.2, 0) is 9.53 Å². The number of cyclic esters (lactones) is 1. The van der Waals surface area contributed by atoms with Crippen LogP contribution in [0, 0.1) is 0 Å². The Morgan fingerprint density at radius 2 is 2.00 bits per heavy atom. The third-order valence-electron chi connectivity index (χ3n) is 2.45. The van der Waals surface area contributed by atoms with Crippen LogP contribution in [0.1, 0.15) is 11.6 Å². The molecular formula is C11H12N2O3. The molecule has 0 aromatic heterocycles. The van der Waals surface area contributed by atoms with Crippen LogP contribution in [0.5, 0.6) is 0 Å². The van der Waals surface area contributed by atoms with Crippen molar-refractivity contribution in [3.63, 3.8) is 0 Å². The van der Waals surface area contributed by atoms with Gasteiger partial charge in [0.1, 0.15) is 0 Å². The molecule has 1 heterocycles. The molecule has 16 heavy (non-hydrogen) atoms. The summed E-state index contributed by atoms with van der Waals surface area (Å²) >= 11 is 0. The topological polar surface area (TPSA) is 72.6 Å². The number of nitrogens with zero attached hydrogens (tertiary/aromatic N) is 1. The van der Waals surface area contributed by atoms with Crippen LogP contribution in [-0.4, -0.2) is 30.1 Å². The quantitative estimate of drug-likeness (QED) is 0.812. The van der Waals surface area contributed by atoms with E-state index in [0.717, 1.165) is 10.5 Å². The van der Waals surface area contributed by atoms with Crippen LogP contribution in [0.4, 0.5) is 4.79 Å². The number of benzene rings is 1. The molecule has 0 unspecified atom stereocenters. The summed E-state index contributed by atoms with van der Waals surface area (Å²) < 4.78 is 4.60. The molecule has 2 N–H and O–H groups in total. The number of imide groups is 1. The van der Waals surface area contributed by atoms with Crippen LogP contribution in [0.3, 0.4) is 0 Å². The number of carbonyl (C=O) groups is 2. The molecule has 5 heteroatoms. The maximum Gasteiger partial charge on any atom is 0.417 e. The van der Waals surface area contributed by atoms with Crippen molar-refractivity contribution in [3.8, 4) is 0 Å². The van der Waals surface area contributed by atoms with Crippen molar-refractivity contribution in [3.05, 3.63) is 35.9 Å². The molecule has 0 bridgehead atoms. The van der Waals surface area contributed by atoms with Gasteiger partial charge in [-0.2, -0.15) is 0 Å². The summed E-state index contributed by atoms with van der Waals surface area (Å²) in [6.07, 6.45) is -0.614. The highest BCUT2D eigenvalue weighted by atomic mass is 16.6. The fourth-order valence-electron chi connectivity index (χ4n) is 1.56. The minimum absolute atomic E-state index is 0.154. The third kappa shape index (κ3) is 2.04. The number of amides is 2. The Labute approximate surface area is 92.8 Å². The van der Waals surface area contributed by atoms with Gasteiger partial charge in [-0.25, -0.2) is 9.69 Å². The first-order chi connectivity index (χ1) is 7.68. The fourth-order valence-corrected chi connectivity index (χ4v) is 1.56. The van der Waals surface area contributed by atoms with Crippen molar-refractivity contribution >= 4 is 12.0 Å². The Balaban J connectivity index is 2.05. The van der Waals surface area contributed by atoms with Crippen LogP contribution in [0.2, 0.25) is 0 Å². The average molecular weight is 220 g/mol. The van der Waals surface area contributed by atoms with Gasteiger partial charge >= 0.3 is 6.09 Å². The molecule has 0 radical (unpaired) electrons. The van der Waals surface area contributed by atoms with Crippen LogP contribution < -0.4 is 5.73 Å². The van der Waals surface area contributed by atoms with E-state index >= 15 is 0 Å². The molecule has 1 saturated heterocycles. The summed E-state index contributed by atoms with van der Waals surface area (Å²) in [6, 6.07) is 8.94. The number of hydrogen-bond donors (Lipinski definition) is 1. The Morgan fingerprint density at radius 1 is 1.31 bits per heavy atom. The van der Waals surface area contributed by atoms with E-state index in [9.17, 15) is 9.59 Å². The summed E-state index contributed by atoms with van der Waals surface area (Å²) in [4.78, 5) is 23.5. The predicted octanol–water partition coefficient (Wildman–Crippen LogP) is 0.665. The van der Waals surface area contributed by atoms with Gasteiger partial charge in [-0.15, -0.1) is 0 Å². The molecule has 1 fully saturated rings. The molecule has 0 aliphatic carbocycles. The summed E-state index contributed by atoms with van der Waals surface area (Å²) in [5.74, 6) is -0.337. The second kappa shape index (κ2) is 4.32. The zero-order chi connectivity index (χ0) is 11.5. The van der Waals surface area contributed by atoms with Gasteiger partial charge in [0.25, 0.3) is 5.91 Å². The highest BCUT2D eigenvalue weighted by Gasteiger charge is 2.32. The van der Waals surface area contributed by atoms with E-state index in [0.29, 0.717) is 0 Å². The number of nitrogens with two attached hydrogens (primary N) is 1. The Kier molecular flexibility index (Phi) is 2.87. The van der Waals surface area contributed by atoms with Crippen molar-refractivity contribution in [2.75, 3.05) is 13.2 Å². The van der Waals surface area contributed by atoms with E-state index in [1.165, 1.54) is 0 Å². The molecule has 5 nitrogen and oxygen atoms in total. The predicted molar refractivity (Wildman–Crippen MR) is 56.4 cm³/mol. The van der Waals surface area contributed by atoms with Crippen molar-refractivity contribution < 1.29 is 14.3 Å². The lowest BCUT2D eigenvalue weighted by molar-refractivity contribution is -0.126. The van der Waals surface area contributed by atoms with Crippen LogP contribution >= 0.6 is 0 Å². The normalized spacial score (nSPS) is 17.4. The maximum atomic E-state index is 11.3. The largest absolute Gasteiger partial charge is 0.439 e. The lowest BCUT2D eigenvalue weighted by atomic mass is 10.1. The molecule has 2 amide bonds. The van der Waals surface area contributed by atoms with Gasteiger partial charge in [0.15, 0.2) is 6.61 Å². The van der Waals surface area contributed by atoms with E-state index in [1.54, 1.807) is 0 Å².